The Balaban J connectivity index is 3.53. The average molecular weight is 425 g/mol. The number of hydrogen-bond acceptors (Lipinski definition) is 5. The molecule has 0 aliphatic rings. The van der Waals surface area contributed by atoms with Crippen LogP contribution in [-0.4, -0.2) is 32.3 Å². The van der Waals surface area contributed by atoms with Crippen LogP contribution in [-0.2, 0) is 29.2 Å². The molecule has 5 nitrogen and oxygen atoms in total. The van der Waals surface area contributed by atoms with Gasteiger partial charge in [-0.15, -0.1) is 0 Å². The van der Waals surface area contributed by atoms with Crippen molar-refractivity contribution in [3.63, 3.8) is 0 Å². The van der Waals surface area contributed by atoms with Crippen molar-refractivity contribution in [1.82, 2.24) is 0 Å². The lowest BCUT2D eigenvalue weighted by molar-refractivity contribution is -0.116. The number of hydrogen-bond donors (Lipinski definition) is 0. The first-order valence-electron chi connectivity index (χ1n) is 9.72. The third kappa shape index (κ3) is 5.39. The third-order valence-electron chi connectivity index (χ3n) is 5.13. The molecule has 0 atom stereocenters. The topological polar surface area (TPSA) is 61.8 Å². The van der Waals surface area contributed by atoms with Gasteiger partial charge >= 0.3 is 7.60 Å². The fourth-order valence-corrected chi connectivity index (χ4v) is 4.53. The standard InChI is InChI=1S/C23H37O5P/c1-21(2,3)17-14-16(15-18(20(17)26-9)22(4,5)6)12-13-19(24)23(7,8)29(25,27-10)28-11/h12-15H,1-11H3/b13-12+. The molecule has 0 heterocycles. The molecule has 0 saturated heterocycles. The molecule has 6 heteroatoms. The summed E-state index contributed by atoms with van der Waals surface area (Å²) >= 11 is 0. The lowest BCUT2D eigenvalue weighted by atomic mass is 9.78. The van der Waals surface area contributed by atoms with E-state index in [1.54, 1.807) is 27.0 Å². The fraction of sp³-hybridized carbons (Fsp3) is 0.609. The van der Waals surface area contributed by atoms with Crippen molar-refractivity contribution in [2.45, 2.75) is 71.4 Å². The van der Waals surface area contributed by atoms with E-state index in [0.717, 1.165) is 22.4 Å². The maximum absolute atomic E-state index is 12.8. The van der Waals surface area contributed by atoms with Gasteiger partial charge in [-0.1, -0.05) is 47.6 Å². The number of benzene rings is 1. The third-order valence-corrected chi connectivity index (χ3v) is 7.68. The van der Waals surface area contributed by atoms with E-state index in [1.807, 2.05) is 12.1 Å². The largest absolute Gasteiger partial charge is 0.496 e. The Morgan fingerprint density at radius 3 is 1.59 bits per heavy atom. The SMILES string of the molecule is COc1c(C(C)(C)C)cc(/C=C/C(=O)C(C)(C)P(=O)(OC)OC)cc1C(C)(C)C. The van der Waals surface area contributed by atoms with Crippen LogP contribution in [0.4, 0.5) is 0 Å². The van der Waals surface area contributed by atoms with Gasteiger partial charge < -0.3 is 13.8 Å². The Morgan fingerprint density at radius 1 is 0.862 bits per heavy atom. The van der Waals surface area contributed by atoms with E-state index >= 15 is 0 Å². The smallest absolute Gasteiger partial charge is 0.343 e. The van der Waals surface area contributed by atoms with Gasteiger partial charge in [0.05, 0.1) is 7.11 Å². The monoisotopic (exact) mass is 424 g/mol. The number of ketones is 1. The molecule has 0 aliphatic carbocycles. The van der Waals surface area contributed by atoms with Gasteiger partial charge in [0.2, 0.25) is 0 Å². The summed E-state index contributed by atoms with van der Waals surface area (Å²) in [6, 6.07) is 4.08. The molecule has 0 unspecified atom stereocenters. The summed E-state index contributed by atoms with van der Waals surface area (Å²) in [6.45, 7) is 15.9. The highest BCUT2D eigenvalue weighted by Crippen LogP contribution is 2.59. The van der Waals surface area contributed by atoms with Crippen molar-refractivity contribution in [3.8, 4) is 5.75 Å². The van der Waals surface area contributed by atoms with Gasteiger partial charge in [-0.2, -0.15) is 0 Å². The van der Waals surface area contributed by atoms with E-state index in [2.05, 4.69) is 41.5 Å². The fourth-order valence-electron chi connectivity index (χ4n) is 3.12. The van der Waals surface area contributed by atoms with E-state index in [-0.39, 0.29) is 16.6 Å². The Bertz CT molecular complexity index is 780. The van der Waals surface area contributed by atoms with Gasteiger partial charge in [-0.25, -0.2) is 0 Å². The number of ether oxygens (including phenoxy) is 1. The van der Waals surface area contributed by atoms with Crippen LogP contribution in [0, 0.1) is 0 Å². The highest BCUT2D eigenvalue weighted by Gasteiger charge is 2.47. The first-order chi connectivity index (χ1) is 13.0. The highest BCUT2D eigenvalue weighted by atomic mass is 31.2. The van der Waals surface area contributed by atoms with E-state index in [1.165, 1.54) is 20.3 Å². The van der Waals surface area contributed by atoms with Crippen molar-refractivity contribution < 1.29 is 23.1 Å². The van der Waals surface area contributed by atoms with Gasteiger partial charge in [0.1, 0.15) is 10.9 Å². The molecule has 0 amide bonds. The minimum absolute atomic E-state index is 0.139. The van der Waals surface area contributed by atoms with Crippen LogP contribution in [0.5, 0.6) is 5.75 Å². The molecule has 0 aliphatic heterocycles. The number of carbonyl (C=O) groups excluding carboxylic acids is 1. The molecule has 1 rings (SSSR count). The molecule has 0 aromatic heterocycles. The minimum atomic E-state index is -3.57. The summed E-state index contributed by atoms with van der Waals surface area (Å²) in [5.74, 6) is 0.548. The zero-order chi connectivity index (χ0) is 22.8. The lowest BCUT2D eigenvalue weighted by Gasteiger charge is -2.30. The van der Waals surface area contributed by atoms with Crippen LogP contribution in [0.3, 0.4) is 0 Å². The van der Waals surface area contributed by atoms with Gasteiger partial charge in [0.25, 0.3) is 0 Å². The van der Waals surface area contributed by atoms with Crippen LogP contribution in [0.2, 0.25) is 0 Å². The molecule has 0 fully saturated rings. The van der Waals surface area contributed by atoms with Crippen molar-refractivity contribution >= 4 is 19.5 Å². The Kier molecular flexibility index (Phi) is 7.73. The molecule has 0 saturated carbocycles. The molecule has 0 radical (unpaired) electrons. The molecule has 29 heavy (non-hydrogen) atoms. The first kappa shape index (κ1) is 25.6. The number of rotatable bonds is 7. The van der Waals surface area contributed by atoms with Crippen molar-refractivity contribution in [3.05, 3.63) is 34.9 Å². The zero-order valence-electron chi connectivity index (χ0n) is 19.8. The van der Waals surface area contributed by atoms with Gasteiger partial charge in [0, 0.05) is 25.3 Å². The van der Waals surface area contributed by atoms with Gasteiger partial charge in [-0.05, 0) is 48.4 Å². The second kappa shape index (κ2) is 8.75. The van der Waals surface area contributed by atoms with Crippen molar-refractivity contribution in [1.29, 1.82) is 0 Å². The second-order valence-corrected chi connectivity index (χ2v) is 12.6. The molecular formula is C23H37O5P. The molecule has 0 spiro atoms. The average Bonchev–Trinajstić information content (AvgIpc) is 2.62. The van der Waals surface area contributed by atoms with Gasteiger partial charge in [0.15, 0.2) is 5.78 Å². The van der Waals surface area contributed by atoms with Gasteiger partial charge in [-0.3, -0.25) is 9.36 Å². The van der Waals surface area contributed by atoms with Crippen molar-refractivity contribution in [2.24, 2.45) is 0 Å². The summed E-state index contributed by atoms with van der Waals surface area (Å²) in [5.41, 5.74) is 2.74. The zero-order valence-corrected chi connectivity index (χ0v) is 20.7. The van der Waals surface area contributed by atoms with Crippen LogP contribution in [0.15, 0.2) is 18.2 Å². The molecule has 1 aromatic carbocycles. The molecule has 0 N–H and O–H groups in total. The highest BCUT2D eigenvalue weighted by molar-refractivity contribution is 7.56. The maximum atomic E-state index is 12.8. The van der Waals surface area contributed by atoms with E-state index < -0.39 is 12.8 Å². The number of carbonyl (C=O) groups is 1. The predicted octanol–water partition coefficient (Wildman–Crippen LogP) is 6.14. The Hall–Kier alpha value is -1.42. The van der Waals surface area contributed by atoms with E-state index in [9.17, 15) is 9.36 Å². The van der Waals surface area contributed by atoms with Crippen LogP contribution >= 0.6 is 7.60 Å². The minimum Gasteiger partial charge on any atom is -0.496 e. The maximum Gasteiger partial charge on any atom is 0.343 e. The van der Waals surface area contributed by atoms with E-state index in [0.29, 0.717) is 0 Å². The Labute approximate surface area is 176 Å². The predicted molar refractivity (Wildman–Crippen MR) is 120 cm³/mol. The summed E-state index contributed by atoms with van der Waals surface area (Å²) in [4.78, 5) is 12.8. The lowest BCUT2D eigenvalue weighted by Crippen LogP contribution is -2.31. The van der Waals surface area contributed by atoms with Crippen molar-refractivity contribution in [2.75, 3.05) is 21.3 Å². The normalized spacial score (nSPS) is 13.8. The van der Waals surface area contributed by atoms with E-state index in [4.69, 9.17) is 13.8 Å². The molecule has 164 valence electrons. The Morgan fingerprint density at radius 2 is 1.28 bits per heavy atom. The molecule has 1 aromatic rings. The number of allylic oxidation sites excluding steroid dienone is 1. The summed E-state index contributed by atoms with van der Waals surface area (Å²) in [5, 5.41) is -1.29. The first-order valence-corrected chi connectivity index (χ1v) is 11.3. The summed E-state index contributed by atoms with van der Waals surface area (Å²) in [7, 11) is 0.700. The summed E-state index contributed by atoms with van der Waals surface area (Å²) < 4.78 is 28.6. The quantitative estimate of drug-likeness (QED) is 0.389. The molecule has 0 bridgehead atoms. The van der Waals surface area contributed by atoms with Crippen LogP contribution in [0.25, 0.3) is 6.08 Å². The summed E-state index contributed by atoms with van der Waals surface area (Å²) in [6.07, 6.45) is 3.20. The number of methoxy groups -OCH3 is 1. The second-order valence-electron chi connectivity index (χ2n) is 9.77. The van der Waals surface area contributed by atoms with Crippen LogP contribution < -0.4 is 4.74 Å². The van der Waals surface area contributed by atoms with Crippen LogP contribution in [0.1, 0.15) is 72.1 Å². The molecular weight excluding hydrogens is 387 g/mol.